The molecule has 0 aliphatic rings. The summed E-state index contributed by atoms with van der Waals surface area (Å²) in [5.41, 5.74) is 13.0. The van der Waals surface area contributed by atoms with Crippen LogP contribution in [0.3, 0.4) is 0 Å². The fourth-order valence-corrected chi connectivity index (χ4v) is 9.60. The molecule has 0 fully saturated rings. The van der Waals surface area contributed by atoms with Crippen LogP contribution in [0.4, 0.5) is 0 Å². The van der Waals surface area contributed by atoms with E-state index >= 15 is 0 Å². The highest BCUT2D eigenvalue weighted by Crippen LogP contribution is 2.46. The molecule has 0 atom stereocenters. The lowest BCUT2D eigenvalue weighted by molar-refractivity contribution is 0.669. The summed E-state index contributed by atoms with van der Waals surface area (Å²) >= 11 is 0. The summed E-state index contributed by atoms with van der Waals surface area (Å²) in [6, 6.07) is 74.3. The van der Waals surface area contributed by atoms with Crippen LogP contribution < -0.4 is 0 Å². The van der Waals surface area contributed by atoms with E-state index in [4.69, 9.17) is 19.4 Å². The van der Waals surface area contributed by atoms with Crippen LogP contribution in [0.15, 0.2) is 217 Å². The molecule has 0 amide bonds. The summed E-state index contributed by atoms with van der Waals surface area (Å²) in [6.07, 6.45) is 0. The molecule has 0 bridgehead atoms. The van der Waals surface area contributed by atoms with Crippen LogP contribution in [0.2, 0.25) is 0 Å². The molecule has 6 nitrogen and oxygen atoms in total. The van der Waals surface area contributed by atoms with Crippen LogP contribution in [-0.2, 0) is 0 Å². The Labute approximate surface area is 361 Å². The zero-order valence-corrected chi connectivity index (χ0v) is 33.9. The van der Waals surface area contributed by atoms with Crippen molar-refractivity contribution in [1.29, 1.82) is 0 Å². The van der Waals surface area contributed by atoms with E-state index < -0.39 is 0 Å². The predicted molar refractivity (Wildman–Crippen MR) is 258 cm³/mol. The molecule has 13 aromatic rings. The molecule has 0 N–H and O–H groups in total. The summed E-state index contributed by atoms with van der Waals surface area (Å²) in [7, 11) is 0. The Balaban J connectivity index is 1.11. The van der Waals surface area contributed by atoms with Gasteiger partial charge >= 0.3 is 0 Å². The van der Waals surface area contributed by atoms with Crippen LogP contribution in [0.5, 0.6) is 0 Å². The molecule has 0 saturated carbocycles. The van der Waals surface area contributed by atoms with E-state index in [0.717, 1.165) is 77.6 Å². The second kappa shape index (κ2) is 14.0. The van der Waals surface area contributed by atoms with Crippen molar-refractivity contribution in [3.8, 4) is 56.7 Å². The molecule has 63 heavy (non-hydrogen) atoms. The van der Waals surface area contributed by atoms with Crippen LogP contribution in [-0.4, -0.2) is 24.1 Å². The van der Waals surface area contributed by atoms with Crippen LogP contribution >= 0.6 is 0 Å². The molecule has 9 aromatic carbocycles. The van der Waals surface area contributed by atoms with E-state index in [1.807, 2.05) is 48.5 Å². The minimum absolute atomic E-state index is 0.537. The highest BCUT2D eigenvalue weighted by atomic mass is 16.3. The minimum atomic E-state index is 0.537. The molecule has 13 rings (SSSR count). The molecule has 4 heterocycles. The number of hydrogen-bond acceptors (Lipinski definition) is 4. The Kier molecular flexibility index (Phi) is 7.80. The summed E-state index contributed by atoms with van der Waals surface area (Å²) in [6.45, 7) is 0. The maximum absolute atomic E-state index is 6.97. The van der Waals surface area contributed by atoms with Crippen molar-refractivity contribution < 1.29 is 4.42 Å². The first-order valence-corrected chi connectivity index (χ1v) is 21.2. The van der Waals surface area contributed by atoms with Crippen LogP contribution in [0, 0.1) is 0 Å². The number of nitrogens with zero attached hydrogens (tertiary/aromatic N) is 5. The minimum Gasteiger partial charge on any atom is -0.455 e. The molecule has 0 aliphatic carbocycles. The first kappa shape index (κ1) is 35.2. The SMILES string of the molecule is c1ccc(-c2cccc(-c3nc(-c4ccccc4)nc(-c4ccc(-n5c6ccccc6c6ccc7c(c8ccccc8n7-c7ccccc7)c65)c5c4oc4ccccc45)n3)c2)cc1. The van der Waals surface area contributed by atoms with Gasteiger partial charge < -0.3 is 13.6 Å². The number of benzene rings is 9. The van der Waals surface area contributed by atoms with E-state index in [2.05, 4.69) is 173 Å². The molecule has 294 valence electrons. The van der Waals surface area contributed by atoms with Gasteiger partial charge in [0.15, 0.2) is 17.5 Å². The van der Waals surface area contributed by atoms with Crippen molar-refractivity contribution in [3.63, 3.8) is 0 Å². The summed E-state index contributed by atoms with van der Waals surface area (Å²) < 4.78 is 11.8. The largest absolute Gasteiger partial charge is 0.455 e. The first-order valence-electron chi connectivity index (χ1n) is 21.2. The molecule has 0 unspecified atom stereocenters. The molecule has 0 saturated heterocycles. The number of rotatable bonds is 6. The van der Waals surface area contributed by atoms with Gasteiger partial charge in [0, 0.05) is 43.7 Å². The van der Waals surface area contributed by atoms with Crippen molar-refractivity contribution in [2.75, 3.05) is 0 Å². The van der Waals surface area contributed by atoms with Gasteiger partial charge in [0.2, 0.25) is 0 Å². The number of furan rings is 1. The molecule has 0 spiro atoms. The normalized spacial score (nSPS) is 11.8. The standard InChI is InChI=1S/C57H35N5O/c1-4-17-36(18-5-1)38-21-16-22-39(35-38)56-58-55(37-19-6-2-7-20-37)59-57(60-56)45-32-34-49(52-44-27-12-15-30-50(44)63-54(45)52)62-46-28-13-10-25-41(46)42-31-33-48-51(53(42)62)43-26-11-14-29-47(43)61(48)40-23-8-3-9-24-40/h1-35H. The number of para-hydroxylation sites is 4. The van der Waals surface area contributed by atoms with E-state index in [0.29, 0.717) is 23.1 Å². The maximum Gasteiger partial charge on any atom is 0.167 e. The van der Waals surface area contributed by atoms with Gasteiger partial charge in [-0.15, -0.1) is 0 Å². The fraction of sp³-hybridized carbons (Fsp3) is 0. The van der Waals surface area contributed by atoms with Gasteiger partial charge in [-0.3, -0.25) is 0 Å². The topological polar surface area (TPSA) is 61.7 Å². The van der Waals surface area contributed by atoms with Gasteiger partial charge in [0.1, 0.15) is 11.2 Å². The van der Waals surface area contributed by atoms with E-state index in [1.165, 1.54) is 21.5 Å². The highest BCUT2D eigenvalue weighted by molar-refractivity contribution is 6.27. The molecular weight excluding hydrogens is 771 g/mol. The lowest BCUT2D eigenvalue weighted by atomic mass is 10.0. The van der Waals surface area contributed by atoms with Crippen molar-refractivity contribution in [1.82, 2.24) is 24.1 Å². The maximum atomic E-state index is 6.97. The van der Waals surface area contributed by atoms with Gasteiger partial charge in [0.25, 0.3) is 0 Å². The Bertz CT molecular complexity index is 3900. The van der Waals surface area contributed by atoms with E-state index in [-0.39, 0.29) is 0 Å². The van der Waals surface area contributed by atoms with Crippen LogP contribution in [0.1, 0.15) is 0 Å². The molecule has 0 aliphatic heterocycles. The lowest BCUT2D eigenvalue weighted by Crippen LogP contribution is -2.01. The fourth-order valence-electron chi connectivity index (χ4n) is 9.60. The third-order valence-electron chi connectivity index (χ3n) is 12.4. The average molecular weight is 806 g/mol. The Morgan fingerprint density at radius 2 is 0.937 bits per heavy atom. The summed E-state index contributed by atoms with van der Waals surface area (Å²) in [5.74, 6) is 1.72. The van der Waals surface area contributed by atoms with Gasteiger partial charge in [-0.25, -0.2) is 15.0 Å². The van der Waals surface area contributed by atoms with Crippen molar-refractivity contribution in [2.24, 2.45) is 0 Å². The zero-order chi connectivity index (χ0) is 41.4. The Morgan fingerprint density at radius 1 is 0.349 bits per heavy atom. The molecular formula is C57H35N5O. The summed E-state index contributed by atoms with van der Waals surface area (Å²) in [5, 5.41) is 6.76. The Morgan fingerprint density at radius 3 is 1.71 bits per heavy atom. The van der Waals surface area contributed by atoms with Crippen molar-refractivity contribution in [2.45, 2.75) is 0 Å². The zero-order valence-electron chi connectivity index (χ0n) is 33.9. The Hall–Kier alpha value is -8.61. The van der Waals surface area contributed by atoms with Gasteiger partial charge in [0.05, 0.1) is 38.7 Å². The van der Waals surface area contributed by atoms with Gasteiger partial charge in [-0.2, -0.15) is 0 Å². The second-order valence-electron chi connectivity index (χ2n) is 16.0. The smallest absolute Gasteiger partial charge is 0.167 e. The highest BCUT2D eigenvalue weighted by Gasteiger charge is 2.25. The predicted octanol–water partition coefficient (Wildman–Crippen LogP) is 14.6. The van der Waals surface area contributed by atoms with Crippen molar-refractivity contribution >= 4 is 65.6 Å². The average Bonchev–Trinajstić information content (AvgIpc) is 4.03. The molecule has 4 aromatic heterocycles. The van der Waals surface area contributed by atoms with Crippen LogP contribution in [0.25, 0.3) is 122 Å². The summed E-state index contributed by atoms with van der Waals surface area (Å²) in [4.78, 5) is 15.6. The monoisotopic (exact) mass is 805 g/mol. The molecule has 6 heteroatoms. The third-order valence-corrected chi connectivity index (χ3v) is 12.4. The number of fused-ring (bicyclic) bond motifs is 10. The second-order valence-corrected chi connectivity index (χ2v) is 16.0. The lowest BCUT2D eigenvalue weighted by Gasteiger charge is -2.14. The number of hydrogen-bond donors (Lipinski definition) is 0. The molecule has 0 radical (unpaired) electrons. The van der Waals surface area contributed by atoms with Gasteiger partial charge in [-0.05, 0) is 65.7 Å². The van der Waals surface area contributed by atoms with Gasteiger partial charge in [-0.1, -0.05) is 158 Å². The van der Waals surface area contributed by atoms with Crippen molar-refractivity contribution in [3.05, 3.63) is 212 Å². The third kappa shape index (κ3) is 5.48. The van der Waals surface area contributed by atoms with E-state index in [1.54, 1.807) is 0 Å². The van der Waals surface area contributed by atoms with E-state index in [9.17, 15) is 0 Å². The first-order chi connectivity index (χ1) is 31.3. The quantitative estimate of drug-likeness (QED) is 0.168. The number of aromatic nitrogens is 5.